The highest BCUT2D eigenvalue weighted by Gasteiger charge is 2.08. The maximum Gasteiger partial charge on any atom is 0.345 e. The van der Waals surface area contributed by atoms with Crippen molar-refractivity contribution in [3.63, 3.8) is 0 Å². The number of amides is 2. The molecule has 4 nitrogen and oxygen atoms in total. The Bertz CT molecular complexity index is 246. The average Bonchev–Trinajstić information content (AvgIpc) is 2.18. The molecule has 0 aromatic heterocycles. The molecular weight excluding hydrogens is 168 g/mol. The van der Waals surface area contributed by atoms with Crippen LogP contribution in [-0.2, 0) is 4.84 Å². The number of hydroxylamine groups is 2. The lowest BCUT2D eigenvalue weighted by molar-refractivity contribution is -0.0639. The maximum atomic E-state index is 11.3. The van der Waals surface area contributed by atoms with Crippen LogP contribution >= 0.6 is 0 Å². The number of carbonyl (C=O) groups is 1. The van der Waals surface area contributed by atoms with Gasteiger partial charge in [-0.05, 0) is 18.9 Å². The Morgan fingerprint density at radius 3 is 2.92 bits per heavy atom. The summed E-state index contributed by atoms with van der Waals surface area (Å²) in [4.78, 5) is 16.0. The summed E-state index contributed by atoms with van der Waals surface area (Å²) < 4.78 is 0. The third-order valence-electron chi connectivity index (χ3n) is 1.81. The van der Waals surface area contributed by atoms with Gasteiger partial charge in [-0.15, -0.1) is 0 Å². The zero-order valence-corrected chi connectivity index (χ0v) is 7.91. The summed E-state index contributed by atoms with van der Waals surface area (Å²) in [5.41, 5.74) is 0.833. The number of nitrogens with zero attached hydrogens (tertiary/aromatic N) is 1. The number of allylic oxidation sites excluding steroid dienone is 3. The van der Waals surface area contributed by atoms with Gasteiger partial charge in [0.15, 0.2) is 0 Å². The summed E-state index contributed by atoms with van der Waals surface area (Å²) in [6.07, 6.45) is 7.93. The third-order valence-corrected chi connectivity index (χ3v) is 1.81. The summed E-state index contributed by atoms with van der Waals surface area (Å²) >= 11 is 0. The fourth-order valence-corrected chi connectivity index (χ4v) is 0.991. The molecule has 4 heteroatoms. The number of hydrogen-bond acceptors (Lipinski definition) is 2. The van der Waals surface area contributed by atoms with Crippen LogP contribution in [0, 0.1) is 0 Å². The van der Waals surface area contributed by atoms with Crippen LogP contribution in [0.3, 0.4) is 0 Å². The highest BCUT2D eigenvalue weighted by molar-refractivity contribution is 5.75. The molecule has 0 bridgehead atoms. The lowest BCUT2D eigenvalue weighted by Crippen LogP contribution is -2.35. The van der Waals surface area contributed by atoms with Crippen LogP contribution in [0.2, 0.25) is 0 Å². The van der Waals surface area contributed by atoms with Crippen molar-refractivity contribution in [3.05, 3.63) is 23.9 Å². The van der Waals surface area contributed by atoms with Crippen molar-refractivity contribution in [1.82, 2.24) is 10.4 Å². The van der Waals surface area contributed by atoms with E-state index >= 15 is 0 Å². The maximum absolute atomic E-state index is 11.3. The molecule has 0 saturated carbocycles. The van der Waals surface area contributed by atoms with Gasteiger partial charge in [0.25, 0.3) is 0 Å². The van der Waals surface area contributed by atoms with E-state index in [1.165, 1.54) is 7.11 Å². The van der Waals surface area contributed by atoms with Crippen LogP contribution in [0.25, 0.3) is 0 Å². The molecule has 1 rings (SSSR count). The van der Waals surface area contributed by atoms with Gasteiger partial charge in [-0.1, -0.05) is 12.2 Å². The fourth-order valence-electron chi connectivity index (χ4n) is 0.991. The molecule has 1 aliphatic rings. The number of rotatable bonds is 2. The van der Waals surface area contributed by atoms with Gasteiger partial charge in [0.05, 0.1) is 7.11 Å². The second-order valence-electron chi connectivity index (χ2n) is 2.75. The van der Waals surface area contributed by atoms with E-state index in [1.807, 2.05) is 18.2 Å². The van der Waals surface area contributed by atoms with E-state index in [0.717, 1.165) is 23.6 Å². The predicted molar refractivity (Wildman–Crippen MR) is 49.8 cm³/mol. The van der Waals surface area contributed by atoms with E-state index in [-0.39, 0.29) is 6.03 Å². The molecule has 0 fully saturated rings. The van der Waals surface area contributed by atoms with Gasteiger partial charge in [0, 0.05) is 12.7 Å². The molecule has 0 spiro atoms. The zero-order valence-electron chi connectivity index (χ0n) is 7.91. The van der Waals surface area contributed by atoms with Crippen LogP contribution < -0.4 is 5.32 Å². The molecule has 0 aliphatic heterocycles. The van der Waals surface area contributed by atoms with E-state index in [4.69, 9.17) is 4.84 Å². The van der Waals surface area contributed by atoms with E-state index in [1.54, 1.807) is 7.05 Å². The van der Waals surface area contributed by atoms with Crippen molar-refractivity contribution < 1.29 is 9.63 Å². The minimum absolute atomic E-state index is 0.264. The largest absolute Gasteiger partial charge is 0.345 e. The molecule has 13 heavy (non-hydrogen) atoms. The lowest BCUT2D eigenvalue weighted by atomic mass is 10.1. The Hall–Kier alpha value is -1.29. The molecule has 0 heterocycles. The number of nitrogens with one attached hydrogen (secondary N) is 1. The van der Waals surface area contributed by atoms with E-state index < -0.39 is 0 Å². The van der Waals surface area contributed by atoms with E-state index in [9.17, 15) is 4.79 Å². The van der Waals surface area contributed by atoms with Crippen LogP contribution in [0.4, 0.5) is 4.79 Å². The van der Waals surface area contributed by atoms with Crippen LogP contribution in [0.15, 0.2) is 23.9 Å². The summed E-state index contributed by atoms with van der Waals surface area (Å²) in [5.74, 6) is 0. The van der Waals surface area contributed by atoms with Crippen molar-refractivity contribution in [1.29, 1.82) is 0 Å². The Labute approximate surface area is 77.8 Å². The van der Waals surface area contributed by atoms with Crippen LogP contribution in [-0.4, -0.2) is 25.3 Å². The molecule has 1 aliphatic carbocycles. The molecular formula is C9H14N2O2. The molecule has 72 valence electrons. The third kappa shape index (κ3) is 2.91. The van der Waals surface area contributed by atoms with Crippen molar-refractivity contribution >= 4 is 6.03 Å². The molecule has 0 aromatic carbocycles. The normalized spacial score (nSPS) is 15.1. The van der Waals surface area contributed by atoms with Gasteiger partial charge < -0.3 is 5.32 Å². The topological polar surface area (TPSA) is 41.6 Å². The Morgan fingerprint density at radius 1 is 1.62 bits per heavy atom. The first-order valence-corrected chi connectivity index (χ1v) is 4.19. The van der Waals surface area contributed by atoms with Gasteiger partial charge in [0.1, 0.15) is 0 Å². The molecule has 0 aromatic rings. The summed E-state index contributed by atoms with van der Waals surface area (Å²) in [5, 5.41) is 3.85. The van der Waals surface area contributed by atoms with Gasteiger partial charge in [-0.25, -0.2) is 9.86 Å². The van der Waals surface area contributed by atoms with Gasteiger partial charge >= 0.3 is 6.03 Å². The van der Waals surface area contributed by atoms with E-state index in [2.05, 4.69) is 5.32 Å². The molecule has 2 amide bonds. The Kier molecular flexibility index (Phi) is 3.52. The van der Waals surface area contributed by atoms with Crippen LogP contribution in [0.1, 0.15) is 12.8 Å². The van der Waals surface area contributed by atoms with Crippen molar-refractivity contribution in [3.8, 4) is 0 Å². The van der Waals surface area contributed by atoms with Gasteiger partial charge in [-0.3, -0.25) is 4.84 Å². The smallest absolute Gasteiger partial charge is 0.306 e. The molecule has 0 radical (unpaired) electrons. The summed E-state index contributed by atoms with van der Waals surface area (Å²) in [6, 6.07) is -0.264. The first kappa shape index (κ1) is 9.80. The second-order valence-corrected chi connectivity index (χ2v) is 2.75. The molecule has 0 unspecified atom stereocenters. The van der Waals surface area contributed by atoms with Gasteiger partial charge in [0.2, 0.25) is 0 Å². The van der Waals surface area contributed by atoms with Gasteiger partial charge in [-0.2, -0.15) is 0 Å². The van der Waals surface area contributed by atoms with Crippen molar-refractivity contribution in [2.45, 2.75) is 12.8 Å². The fraction of sp³-hybridized carbons (Fsp3) is 0.444. The monoisotopic (exact) mass is 182 g/mol. The average molecular weight is 182 g/mol. The Morgan fingerprint density at radius 2 is 2.38 bits per heavy atom. The first-order valence-electron chi connectivity index (χ1n) is 4.19. The van der Waals surface area contributed by atoms with E-state index in [0.29, 0.717) is 0 Å². The second kappa shape index (κ2) is 4.67. The molecule has 0 saturated heterocycles. The molecule has 1 N–H and O–H groups in total. The predicted octanol–water partition coefficient (Wildman–Crippen LogP) is 1.42. The summed E-state index contributed by atoms with van der Waals surface area (Å²) in [7, 11) is 3.01. The molecule has 0 atom stereocenters. The summed E-state index contributed by atoms with van der Waals surface area (Å²) in [6.45, 7) is 0. The number of urea groups is 1. The lowest BCUT2D eigenvalue weighted by Gasteiger charge is -2.16. The minimum Gasteiger partial charge on any atom is -0.306 e. The van der Waals surface area contributed by atoms with Crippen molar-refractivity contribution in [2.75, 3.05) is 14.2 Å². The highest BCUT2D eigenvalue weighted by Crippen LogP contribution is 2.06. The van der Waals surface area contributed by atoms with Crippen LogP contribution in [0.5, 0.6) is 0 Å². The number of carbonyl (C=O) groups excluding carboxylic acids is 1. The minimum atomic E-state index is -0.264. The SMILES string of the molecule is CON(C)C(=O)NC1=CCCC=C1. The quantitative estimate of drug-likeness (QED) is 0.656. The number of hydrogen-bond donors (Lipinski definition) is 1. The standard InChI is InChI=1S/C9H14N2O2/c1-11(13-2)9(12)10-8-6-4-3-5-7-8/h4,6-7H,3,5H2,1-2H3,(H,10,12). The van der Waals surface area contributed by atoms with Crippen molar-refractivity contribution in [2.24, 2.45) is 0 Å². The Balaban J connectivity index is 2.44. The first-order chi connectivity index (χ1) is 6.24. The zero-order chi connectivity index (χ0) is 9.68. The highest BCUT2D eigenvalue weighted by atomic mass is 16.7.